The van der Waals surface area contributed by atoms with Crippen LogP contribution in [-0.4, -0.2) is 24.1 Å². The van der Waals surface area contributed by atoms with Crippen LogP contribution in [0.5, 0.6) is 5.75 Å². The largest absolute Gasteiger partial charge is 0.484 e. The van der Waals surface area contributed by atoms with E-state index in [1.54, 1.807) is 31.2 Å². The molecule has 2 rings (SSSR count). The molecule has 6 nitrogen and oxygen atoms in total. The van der Waals surface area contributed by atoms with Crippen molar-refractivity contribution in [2.75, 3.05) is 11.9 Å². The number of nitrogens with one attached hydrogen (secondary N) is 2. The van der Waals surface area contributed by atoms with Crippen molar-refractivity contribution in [1.82, 2.24) is 5.43 Å². The number of hydrogen-bond donors (Lipinski definition) is 2. The van der Waals surface area contributed by atoms with E-state index in [4.69, 9.17) is 16.3 Å². The summed E-state index contributed by atoms with van der Waals surface area (Å²) in [6.45, 7) is 5.35. The molecule has 7 heteroatoms. The van der Waals surface area contributed by atoms with Gasteiger partial charge < -0.3 is 10.1 Å². The van der Waals surface area contributed by atoms with E-state index < -0.39 is 5.91 Å². The second-order valence-corrected chi connectivity index (χ2v) is 6.58. The van der Waals surface area contributed by atoms with Gasteiger partial charge in [-0.25, -0.2) is 5.43 Å². The Labute approximate surface area is 163 Å². The summed E-state index contributed by atoms with van der Waals surface area (Å²) < 4.78 is 5.36. The fourth-order valence-electron chi connectivity index (χ4n) is 2.12. The van der Waals surface area contributed by atoms with Crippen LogP contribution in [0.3, 0.4) is 0 Å². The van der Waals surface area contributed by atoms with Crippen molar-refractivity contribution < 1.29 is 14.3 Å². The normalized spacial score (nSPS) is 11.0. The number of aryl methyl sites for hydroxylation is 2. The minimum Gasteiger partial charge on any atom is -0.484 e. The van der Waals surface area contributed by atoms with Crippen LogP contribution in [0.25, 0.3) is 0 Å². The molecule has 0 bridgehead atoms. The highest BCUT2D eigenvalue weighted by molar-refractivity contribution is 6.31. The van der Waals surface area contributed by atoms with Crippen LogP contribution in [0.2, 0.25) is 5.02 Å². The van der Waals surface area contributed by atoms with Crippen molar-refractivity contribution in [3.63, 3.8) is 0 Å². The number of anilines is 1. The monoisotopic (exact) mass is 387 g/mol. The second kappa shape index (κ2) is 9.73. The van der Waals surface area contributed by atoms with Crippen LogP contribution in [0, 0.1) is 13.8 Å². The first-order chi connectivity index (χ1) is 12.8. The highest BCUT2D eigenvalue weighted by atomic mass is 35.5. The number of ether oxygens (including phenoxy) is 1. The first-order valence-corrected chi connectivity index (χ1v) is 8.79. The summed E-state index contributed by atoms with van der Waals surface area (Å²) in [6.07, 6.45) is 0.0462. The lowest BCUT2D eigenvalue weighted by atomic mass is 10.2. The Bertz CT molecular complexity index is 848. The van der Waals surface area contributed by atoms with Crippen molar-refractivity contribution in [3.8, 4) is 5.75 Å². The second-order valence-electron chi connectivity index (χ2n) is 6.17. The van der Waals surface area contributed by atoms with Gasteiger partial charge in [-0.1, -0.05) is 35.4 Å². The summed E-state index contributed by atoms with van der Waals surface area (Å²) in [7, 11) is 0. The third-order valence-corrected chi connectivity index (χ3v) is 4.04. The summed E-state index contributed by atoms with van der Waals surface area (Å²) in [5, 5.41) is 7.23. The zero-order valence-corrected chi connectivity index (χ0v) is 16.3. The van der Waals surface area contributed by atoms with Gasteiger partial charge in [-0.2, -0.15) is 5.10 Å². The van der Waals surface area contributed by atoms with Crippen LogP contribution < -0.4 is 15.5 Å². The fourth-order valence-corrected chi connectivity index (χ4v) is 2.30. The quantitative estimate of drug-likeness (QED) is 0.559. The Morgan fingerprint density at radius 2 is 1.78 bits per heavy atom. The summed E-state index contributed by atoms with van der Waals surface area (Å²) in [5.74, 6) is -0.0467. The highest BCUT2D eigenvalue weighted by Gasteiger charge is 2.07. The molecule has 2 amide bonds. The van der Waals surface area contributed by atoms with E-state index in [-0.39, 0.29) is 18.9 Å². The first kappa shape index (κ1) is 20.5. The van der Waals surface area contributed by atoms with Crippen LogP contribution in [-0.2, 0) is 9.59 Å². The van der Waals surface area contributed by atoms with Gasteiger partial charge in [-0.15, -0.1) is 0 Å². The average Bonchev–Trinajstić information content (AvgIpc) is 2.62. The lowest BCUT2D eigenvalue weighted by Gasteiger charge is -2.07. The Kier molecular flexibility index (Phi) is 7.37. The third-order valence-electron chi connectivity index (χ3n) is 3.63. The number of rotatable bonds is 7. The number of nitrogens with zero attached hydrogens (tertiary/aromatic N) is 1. The van der Waals surface area contributed by atoms with Crippen molar-refractivity contribution in [3.05, 3.63) is 58.6 Å². The average molecular weight is 388 g/mol. The summed E-state index contributed by atoms with van der Waals surface area (Å²) in [4.78, 5) is 23.8. The summed E-state index contributed by atoms with van der Waals surface area (Å²) in [5.41, 5.74) is 5.49. The van der Waals surface area contributed by atoms with Gasteiger partial charge in [0.2, 0.25) is 5.91 Å². The molecule has 0 aliphatic rings. The number of amides is 2. The Morgan fingerprint density at radius 3 is 2.44 bits per heavy atom. The molecule has 27 heavy (non-hydrogen) atoms. The SMILES string of the molecule is C/C(CC(=O)Nc1ccc(C)c(Cl)c1)=N/NC(=O)COc1ccc(C)cc1. The van der Waals surface area contributed by atoms with Crippen molar-refractivity contribution >= 4 is 34.8 Å². The van der Waals surface area contributed by atoms with E-state index in [1.807, 2.05) is 32.0 Å². The molecular weight excluding hydrogens is 366 g/mol. The molecule has 2 aromatic rings. The molecule has 0 aliphatic carbocycles. The van der Waals surface area contributed by atoms with Gasteiger partial charge in [0.15, 0.2) is 6.61 Å². The molecule has 0 saturated carbocycles. The van der Waals surface area contributed by atoms with Crippen molar-refractivity contribution in [1.29, 1.82) is 0 Å². The van der Waals surface area contributed by atoms with Gasteiger partial charge in [-0.3, -0.25) is 9.59 Å². The Hall–Kier alpha value is -2.86. The van der Waals surface area contributed by atoms with E-state index >= 15 is 0 Å². The topological polar surface area (TPSA) is 79.8 Å². The third kappa shape index (κ3) is 7.11. The molecule has 0 spiro atoms. The molecule has 142 valence electrons. The van der Waals surface area contributed by atoms with Gasteiger partial charge in [-0.05, 0) is 50.6 Å². The van der Waals surface area contributed by atoms with Gasteiger partial charge in [0.1, 0.15) is 5.75 Å². The van der Waals surface area contributed by atoms with Gasteiger partial charge in [0.05, 0.1) is 6.42 Å². The van der Waals surface area contributed by atoms with Crippen LogP contribution >= 0.6 is 11.6 Å². The number of hydrazone groups is 1. The standard InChI is InChI=1S/C20H22ClN3O3/c1-13-4-8-17(9-5-13)27-12-20(26)24-23-15(3)10-19(25)22-16-7-6-14(2)18(21)11-16/h4-9,11H,10,12H2,1-3H3,(H,22,25)(H,24,26)/b23-15-. The molecule has 0 unspecified atom stereocenters. The molecule has 0 saturated heterocycles. The maximum atomic E-state index is 12.0. The molecule has 0 aromatic heterocycles. The van der Waals surface area contributed by atoms with Crippen LogP contribution in [0.1, 0.15) is 24.5 Å². The van der Waals surface area contributed by atoms with Gasteiger partial charge in [0.25, 0.3) is 5.91 Å². The Morgan fingerprint density at radius 1 is 1.07 bits per heavy atom. The Balaban J connectivity index is 1.76. The molecule has 0 atom stereocenters. The number of halogens is 1. The lowest BCUT2D eigenvalue weighted by molar-refractivity contribution is -0.123. The van der Waals surface area contributed by atoms with Gasteiger partial charge >= 0.3 is 0 Å². The zero-order valence-electron chi connectivity index (χ0n) is 15.5. The van der Waals surface area contributed by atoms with Crippen LogP contribution in [0.15, 0.2) is 47.6 Å². The fraction of sp³-hybridized carbons (Fsp3) is 0.250. The number of carbonyl (C=O) groups is 2. The van der Waals surface area contributed by atoms with E-state index in [0.29, 0.717) is 22.2 Å². The van der Waals surface area contributed by atoms with E-state index in [1.165, 1.54) is 0 Å². The van der Waals surface area contributed by atoms with E-state index in [2.05, 4.69) is 15.8 Å². The number of carbonyl (C=O) groups excluding carboxylic acids is 2. The smallest absolute Gasteiger partial charge is 0.277 e. The van der Waals surface area contributed by atoms with E-state index in [0.717, 1.165) is 11.1 Å². The first-order valence-electron chi connectivity index (χ1n) is 8.41. The molecule has 0 heterocycles. The molecule has 0 aliphatic heterocycles. The van der Waals surface area contributed by atoms with Crippen molar-refractivity contribution in [2.45, 2.75) is 27.2 Å². The summed E-state index contributed by atoms with van der Waals surface area (Å²) >= 11 is 6.03. The minimum atomic E-state index is -0.402. The molecule has 2 N–H and O–H groups in total. The molecule has 0 radical (unpaired) electrons. The molecule has 2 aromatic carbocycles. The van der Waals surface area contributed by atoms with E-state index in [9.17, 15) is 9.59 Å². The molecule has 0 fully saturated rings. The maximum absolute atomic E-state index is 12.0. The predicted molar refractivity (Wildman–Crippen MR) is 107 cm³/mol. The number of benzene rings is 2. The van der Waals surface area contributed by atoms with Gasteiger partial charge in [0, 0.05) is 16.4 Å². The lowest BCUT2D eigenvalue weighted by Crippen LogP contribution is -2.26. The molecular formula is C20H22ClN3O3. The zero-order chi connectivity index (χ0) is 19.8. The maximum Gasteiger partial charge on any atom is 0.277 e. The highest BCUT2D eigenvalue weighted by Crippen LogP contribution is 2.20. The number of hydrogen-bond acceptors (Lipinski definition) is 4. The summed E-state index contributed by atoms with van der Waals surface area (Å²) in [6, 6.07) is 12.7. The van der Waals surface area contributed by atoms with Crippen molar-refractivity contribution in [2.24, 2.45) is 5.10 Å². The predicted octanol–water partition coefficient (Wildman–Crippen LogP) is 3.86. The minimum absolute atomic E-state index is 0.0462. The van der Waals surface area contributed by atoms with Crippen LogP contribution in [0.4, 0.5) is 5.69 Å².